The van der Waals surface area contributed by atoms with Gasteiger partial charge in [0.1, 0.15) is 11.3 Å². The molecule has 0 aliphatic carbocycles. The van der Waals surface area contributed by atoms with Gasteiger partial charge in [0.2, 0.25) is 0 Å². The van der Waals surface area contributed by atoms with Gasteiger partial charge in [0.15, 0.2) is 5.65 Å². The first kappa shape index (κ1) is 14.1. The Morgan fingerprint density at radius 3 is 2.76 bits per heavy atom. The lowest BCUT2D eigenvalue weighted by atomic mass is 10.2. The average Bonchev–Trinajstić information content (AvgIpc) is 2.84. The maximum atomic E-state index is 11.9. The number of halogens is 2. The molecule has 3 aromatic rings. The molecule has 0 amide bonds. The zero-order valence-corrected chi connectivity index (χ0v) is 13.2. The third-order valence-corrected chi connectivity index (χ3v) is 3.94. The van der Waals surface area contributed by atoms with E-state index in [9.17, 15) is 9.59 Å². The summed E-state index contributed by atoms with van der Waals surface area (Å²) in [6.45, 7) is 2.21. The lowest BCUT2D eigenvalue weighted by molar-refractivity contribution is 0.720. The molecule has 1 aromatic carbocycles. The van der Waals surface area contributed by atoms with Crippen molar-refractivity contribution in [1.29, 1.82) is 0 Å². The molecule has 0 fully saturated rings. The van der Waals surface area contributed by atoms with Gasteiger partial charge in [0.05, 0.1) is 5.02 Å². The van der Waals surface area contributed by atoms with E-state index in [1.54, 1.807) is 19.1 Å². The molecular formula is C13H10BrClN4O2. The normalized spacial score (nSPS) is 11.2. The molecule has 0 bridgehead atoms. The molecule has 0 radical (unpaired) electrons. The summed E-state index contributed by atoms with van der Waals surface area (Å²) in [5.41, 5.74) is 0.262. The van der Waals surface area contributed by atoms with Gasteiger partial charge >= 0.3 is 5.69 Å². The van der Waals surface area contributed by atoms with Crippen molar-refractivity contribution in [2.24, 2.45) is 0 Å². The minimum absolute atomic E-state index is 0.255. The van der Waals surface area contributed by atoms with E-state index < -0.39 is 11.2 Å². The van der Waals surface area contributed by atoms with Crippen molar-refractivity contribution in [1.82, 2.24) is 19.5 Å². The van der Waals surface area contributed by atoms with Crippen molar-refractivity contribution in [2.45, 2.75) is 13.5 Å². The van der Waals surface area contributed by atoms with Gasteiger partial charge < -0.3 is 4.98 Å². The van der Waals surface area contributed by atoms with Crippen LogP contribution in [0.15, 0.2) is 32.3 Å². The van der Waals surface area contributed by atoms with Crippen molar-refractivity contribution >= 4 is 38.7 Å². The molecule has 2 aromatic heterocycles. The highest BCUT2D eigenvalue weighted by Gasteiger charge is 2.14. The molecule has 0 spiro atoms. The van der Waals surface area contributed by atoms with Crippen molar-refractivity contribution < 1.29 is 0 Å². The summed E-state index contributed by atoms with van der Waals surface area (Å²) in [4.78, 5) is 33.2. The quantitative estimate of drug-likeness (QED) is 0.728. The third-order valence-electron chi connectivity index (χ3n) is 3.14. The van der Waals surface area contributed by atoms with E-state index in [1.807, 2.05) is 6.07 Å². The number of fused-ring (bicyclic) bond motifs is 1. The SMILES string of the molecule is CCn1c(=O)[nH]c(=O)c2[nH]c(-c3ccc(Br)cc3Cl)nc21. The van der Waals surface area contributed by atoms with E-state index in [4.69, 9.17) is 11.6 Å². The fourth-order valence-corrected chi connectivity index (χ4v) is 2.91. The Morgan fingerprint density at radius 2 is 2.10 bits per heavy atom. The van der Waals surface area contributed by atoms with E-state index in [1.165, 1.54) is 4.57 Å². The Balaban J connectivity index is 2.33. The number of nitrogens with zero attached hydrogens (tertiary/aromatic N) is 2. The van der Waals surface area contributed by atoms with Gasteiger partial charge in [0.25, 0.3) is 5.56 Å². The monoisotopic (exact) mass is 368 g/mol. The summed E-state index contributed by atoms with van der Waals surface area (Å²) in [5.74, 6) is 0.445. The number of hydrogen-bond acceptors (Lipinski definition) is 3. The summed E-state index contributed by atoms with van der Waals surface area (Å²) in [5, 5.41) is 0.491. The van der Waals surface area contributed by atoms with Crippen LogP contribution >= 0.6 is 27.5 Å². The lowest BCUT2D eigenvalue weighted by Gasteiger charge is -2.01. The summed E-state index contributed by atoms with van der Waals surface area (Å²) in [6.07, 6.45) is 0. The van der Waals surface area contributed by atoms with Gasteiger partial charge in [-0.15, -0.1) is 0 Å². The highest BCUT2D eigenvalue weighted by molar-refractivity contribution is 9.10. The molecule has 21 heavy (non-hydrogen) atoms. The second-order valence-corrected chi connectivity index (χ2v) is 5.73. The molecule has 8 heteroatoms. The number of H-pyrrole nitrogens is 2. The topological polar surface area (TPSA) is 83.5 Å². The molecule has 0 aliphatic heterocycles. The van der Waals surface area contributed by atoms with Crippen LogP contribution in [0.25, 0.3) is 22.6 Å². The van der Waals surface area contributed by atoms with Crippen molar-refractivity contribution in [2.75, 3.05) is 0 Å². The second kappa shape index (κ2) is 5.16. The number of hydrogen-bond donors (Lipinski definition) is 2. The molecule has 0 saturated heterocycles. The Hall–Kier alpha value is -1.86. The number of aryl methyl sites for hydroxylation is 1. The number of nitrogens with one attached hydrogen (secondary N) is 2. The maximum Gasteiger partial charge on any atom is 0.330 e. The number of benzene rings is 1. The predicted octanol–water partition coefficient (Wildman–Crippen LogP) is 2.52. The van der Waals surface area contributed by atoms with Gasteiger partial charge in [-0.25, -0.2) is 9.78 Å². The number of aromatic nitrogens is 4. The third kappa shape index (κ3) is 2.32. The highest BCUT2D eigenvalue weighted by atomic mass is 79.9. The Kier molecular flexibility index (Phi) is 3.46. The van der Waals surface area contributed by atoms with Gasteiger partial charge in [0, 0.05) is 16.6 Å². The first-order valence-corrected chi connectivity index (χ1v) is 7.36. The van der Waals surface area contributed by atoms with Crippen LogP contribution in [0.5, 0.6) is 0 Å². The summed E-state index contributed by atoms with van der Waals surface area (Å²) < 4.78 is 2.24. The number of imidazole rings is 1. The predicted molar refractivity (Wildman–Crippen MR) is 84.8 cm³/mol. The molecular weight excluding hydrogens is 360 g/mol. The summed E-state index contributed by atoms with van der Waals surface area (Å²) in [7, 11) is 0. The van der Waals surface area contributed by atoms with Gasteiger partial charge in [-0.1, -0.05) is 27.5 Å². The van der Waals surface area contributed by atoms with Gasteiger partial charge in [-0.05, 0) is 25.1 Å². The minimum Gasteiger partial charge on any atom is -0.332 e. The smallest absolute Gasteiger partial charge is 0.330 e. The molecule has 0 atom stereocenters. The molecule has 0 unspecified atom stereocenters. The van der Waals surface area contributed by atoms with Gasteiger partial charge in [-0.2, -0.15) is 0 Å². The maximum absolute atomic E-state index is 11.9. The number of rotatable bonds is 2. The first-order chi connectivity index (χ1) is 10.0. The van der Waals surface area contributed by atoms with Crippen LogP contribution in [0.3, 0.4) is 0 Å². The van der Waals surface area contributed by atoms with Gasteiger partial charge in [-0.3, -0.25) is 14.3 Å². The molecule has 0 saturated carbocycles. The van der Waals surface area contributed by atoms with E-state index in [-0.39, 0.29) is 5.52 Å². The fraction of sp³-hybridized carbons (Fsp3) is 0.154. The summed E-state index contributed by atoms with van der Waals surface area (Å²) >= 11 is 9.52. The minimum atomic E-state index is -0.494. The standard InChI is InChI=1S/C13H10BrClN4O2/c1-2-19-11-9(12(20)18-13(19)21)16-10(17-11)7-4-3-6(14)5-8(7)15/h3-5H,2H2,1H3,(H,16,17)(H,18,20,21). The van der Waals surface area contributed by atoms with Crippen LogP contribution in [0.1, 0.15) is 6.92 Å². The molecule has 2 N–H and O–H groups in total. The molecule has 2 heterocycles. The van der Waals surface area contributed by atoms with Crippen molar-refractivity contribution in [3.63, 3.8) is 0 Å². The first-order valence-electron chi connectivity index (χ1n) is 6.19. The average molecular weight is 370 g/mol. The fourth-order valence-electron chi connectivity index (χ4n) is 2.14. The Morgan fingerprint density at radius 1 is 1.33 bits per heavy atom. The van der Waals surface area contributed by atoms with E-state index in [2.05, 4.69) is 30.9 Å². The zero-order valence-electron chi connectivity index (χ0n) is 10.9. The van der Waals surface area contributed by atoms with Crippen LogP contribution < -0.4 is 11.2 Å². The van der Waals surface area contributed by atoms with Crippen molar-refractivity contribution in [3.05, 3.63) is 48.5 Å². The number of aromatic amines is 2. The molecule has 108 valence electrons. The van der Waals surface area contributed by atoms with Crippen LogP contribution in [0.4, 0.5) is 0 Å². The zero-order chi connectivity index (χ0) is 15.1. The van der Waals surface area contributed by atoms with Crippen LogP contribution in [0, 0.1) is 0 Å². The van der Waals surface area contributed by atoms with E-state index in [0.717, 1.165) is 4.47 Å². The highest BCUT2D eigenvalue weighted by Crippen LogP contribution is 2.29. The molecule has 0 aliphatic rings. The van der Waals surface area contributed by atoms with Crippen LogP contribution in [-0.2, 0) is 6.54 Å². The molecule has 6 nitrogen and oxygen atoms in total. The van der Waals surface area contributed by atoms with Crippen LogP contribution in [-0.4, -0.2) is 19.5 Å². The lowest BCUT2D eigenvalue weighted by Crippen LogP contribution is -2.29. The second-order valence-electron chi connectivity index (χ2n) is 4.41. The van der Waals surface area contributed by atoms with Crippen LogP contribution in [0.2, 0.25) is 5.02 Å². The van der Waals surface area contributed by atoms with E-state index >= 15 is 0 Å². The largest absolute Gasteiger partial charge is 0.332 e. The van der Waals surface area contributed by atoms with E-state index in [0.29, 0.717) is 28.6 Å². The summed E-state index contributed by atoms with van der Waals surface area (Å²) in [6, 6.07) is 5.35. The van der Waals surface area contributed by atoms with Crippen molar-refractivity contribution in [3.8, 4) is 11.4 Å². The Labute approximate surface area is 131 Å². The molecule has 3 rings (SSSR count). The Bertz CT molecular complexity index is 957.